The summed E-state index contributed by atoms with van der Waals surface area (Å²) in [4.78, 5) is 22.1. The molecule has 138 valence electrons. The van der Waals surface area contributed by atoms with Crippen LogP contribution in [-0.2, 0) is 13.6 Å². The number of aryl methyl sites for hydroxylation is 2. The monoisotopic (exact) mass is 352 g/mol. The third kappa shape index (κ3) is 3.40. The fourth-order valence-corrected chi connectivity index (χ4v) is 4.65. The van der Waals surface area contributed by atoms with Crippen LogP contribution in [0.15, 0.2) is 36.5 Å². The van der Waals surface area contributed by atoms with Crippen molar-refractivity contribution in [2.24, 2.45) is 12.5 Å². The Kier molecular flexibility index (Phi) is 4.57. The number of piperidine rings is 1. The molecule has 2 aliphatic heterocycles. The molecular weight excluding hydrogens is 324 g/mol. The van der Waals surface area contributed by atoms with E-state index in [1.54, 1.807) is 0 Å². The predicted molar refractivity (Wildman–Crippen MR) is 102 cm³/mol. The molecule has 1 amide bonds. The van der Waals surface area contributed by atoms with Crippen LogP contribution < -0.4 is 0 Å². The van der Waals surface area contributed by atoms with Gasteiger partial charge in [0.1, 0.15) is 5.69 Å². The number of aromatic nitrogens is 2. The summed E-state index contributed by atoms with van der Waals surface area (Å²) in [7, 11) is 1.94. The molecule has 0 N–H and O–H groups in total. The zero-order valence-corrected chi connectivity index (χ0v) is 15.8. The first kappa shape index (κ1) is 17.3. The van der Waals surface area contributed by atoms with Crippen molar-refractivity contribution < 1.29 is 4.79 Å². The van der Waals surface area contributed by atoms with E-state index in [9.17, 15) is 4.79 Å². The third-order valence-corrected chi connectivity index (χ3v) is 5.96. The number of nitrogens with zero attached hydrogens (tertiary/aromatic N) is 4. The van der Waals surface area contributed by atoms with E-state index in [2.05, 4.69) is 26.9 Å². The van der Waals surface area contributed by atoms with E-state index >= 15 is 0 Å². The van der Waals surface area contributed by atoms with Crippen LogP contribution in [-0.4, -0.2) is 51.4 Å². The summed E-state index contributed by atoms with van der Waals surface area (Å²) in [5.74, 6) is 0.173. The summed E-state index contributed by atoms with van der Waals surface area (Å²) in [6, 6.07) is 10.1. The molecule has 2 fully saturated rings. The largest absolute Gasteiger partial charge is 0.347 e. The highest BCUT2D eigenvalue weighted by molar-refractivity contribution is 5.93. The second-order valence-electron chi connectivity index (χ2n) is 8.07. The Morgan fingerprint density at radius 1 is 1.15 bits per heavy atom. The van der Waals surface area contributed by atoms with E-state index in [0.717, 1.165) is 56.2 Å². The molecule has 4 heterocycles. The van der Waals surface area contributed by atoms with Crippen molar-refractivity contribution in [2.75, 3.05) is 26.2 Å². The molecule has 4 rings (SSSR count). The molecule has 0 saturated carbocycles. The van der Waals surface area contributed by atoms with Crippen LogP contribution in [0.4, 0.5) is 0 Å². The van der Waals surface area contributed by atoms with Crippen LogP contribution >= 0.6 is 0 Å². The number of likely N-dealkylation sites (tertiary alicyclic amines) is 2. The van der Waals surface area contributed by atoms with Gasteiger partial charge in [-0.25, -0.2) is 0 Å². The van der Waals surface area contributed by atoms with E-state index in [1.165, 1.54) is 12.8 Å². The third-order valence-electron chi connectivity index (χ3n) is 5.96. The van der Waals surface area contributed by atoms with Crippen molar-refractivity contribution in [3.05, 3.63) is 53.6 Å². The lowest BCUT2D eigenvalue weighted by Crippen LogP contribution is -2.45. The van der Waals surface area contributed by atoms with Gasteiger partial charge in [-0.3, -0.25) is 14.7 Å². The quantitative estimate of drug-likeness (QED) is 0.853. The minimum atomic E-state index is 0.173. The van der Waals surface area contributed by atoms with Crippen LogP contribution in [0.25, 0.3) is 0 Å². The molecule has 1 atom stereocenters. The van der Waals surface area contributed by atoms with Gasteiger partial charge in [-0.2, -0.15) is 0 Å². The number of carbonyl (C=O) groups is 1. The van der Waals surface area contributed by atoms with Crippen molar-refractivity contribution >= 4 is 5.91 Å². The highest BCUT2D eigenvalue weighted by Gasteiger charge is 2.43. The number of carbonyl (C=O) groups excluding carboxylic acids is 1. The summed E-state index contributed by atoms with van der Waals surface area (Å²) in [6.07, 6.45) is 5.48. The SMILES string of the molecule is Cc1cccc(CN2CCC[C@]3(CCN(C(=O)c4cccn4C)C3)C2)n1. The molecule has 2 aromatic rings. The Bertz CT molecular complexity index is 799. The topological polar surface area (TPSA) is 41.4 Å². The fourth-order valence-electron chi connectivity index (χ4n) is 4.65. The molecule has 0 bridgehead atoms. The molecule has 1 spiro atoms. The first-order valence-electron chi connectivity index (χ1n) is 9.60. The normalized spacial score (nSPS) is 23.7. The van der Waals surface area contributed by atoms with E-state index in [0.29, 0.717) is 0 Å². The molecule has 5 heteroatoms. The number of hydrogen-bond donors (Lipinski definition) is 0. The maximum Gasteiger partial charge on any atom is 0.270 e. The zero-order chi connectivity index (χ0) is 18.1. The van der Waals surface area contributed by atoms with Gasteiger partial charge in [0.05, 0.1) is 5.69 Å². The standard InChI is InChI=1S/C21H28N4O/c1-17-6-3-7-18(22-17)14-24-12-5-9-21(15-24)10-13-25(16-21)20(26)19-8-4-11-23(19)2/h3-4,6-8,11H,5,9-10,12-16H2,1-2H3/t21-/m0/s1. The Labute approximate surface area is 155 Å². The number of hydrogen-bond acceptors (Lipinski definition) is 3. The highest BCUT2D eigenvalue weighted by Crippen LogP contribution is 2.39. The maximum absolute atomic E-state index is 12.8. The minimum absolute atomic E-state index is 0.173. The lowest BCUT2D eigenvalue weighted by molar-refractivity contribution is 0.0665. The molecule has 2 aliphatic rings. The van der Waals surface area contributed by atoms with Gasteiger partial charge in [0.15, 0.2) is 0 Å². The number of amides is 1. The van der Waals surface area contributed by atoms with Gasteiger partial charge >= 0.3 is 0 Å². The summed E-state index contributed by atoms with van der Waals surface area (Å²) in [6.45, 7) is 6.92. The van der Waals surface area contributed by atoms with Gasteiger partial charge in [-0.15, -0.1) is 0 Å². The zero-order valence-electron chi connectivity index (χ0n) is 15.8. The van der Waals surface area contributed by atoms with Crippen LogP contribution in [0.3, 0.4) is 0 Å². The molecular formula is C21H28N4O. The Hall–Kier alpha value is -2.14. The fraction of sp³-hybridized carbons (Fsp3) is 0.524. The number of rotatable bonds is 3. The number of pyridine rings is 1. The maximum atomic E-state index is 12.8. The van der Waals surface area contributed by atoms with E-state index in [1.807, 2.05) is 42.9 Å². The van der Waals surface area contributed by atoms with Crippen molar-refractivity contribution in [2.45, 2.75) is 32.7 Å². The van der Waals surface area contributed by atoms with Crippen LogP contribution in [0, 0.1) is 12.3 Å². The first-order valence-corrected chi connectivity index (χ1v) is 9.60. The lowest BCUT2D eigenvalue weighted by atomic mass is 9.79. The van der Waals surface area contributed by atoms with Crippen LogP contribution in [0.5, 0.6) is 0 Å². The van der Waals surface area contributed by atoms with Gasteiger partial charge in [-0.05, 0) is 57.0 Å². The first-order chi connectivity index (χ1) is 12.5. The molecule has 0 unspecified atom stereocenters. The predicted octanol–water partition coefficient (Wildman–Crippen LogP) is 2.86. The summed E-state index contributed by atoms with van der Waals surface area (Å²) < 4.78 is 1.92. The van der Waals surface area contributed by atoms with Gasteiger partial charge < -0.3 is 9.47 Å². The van der Waals surface area contributed by atoms with Gasteiger partial charge in [-0.1, -0.05) is 6.07 Å². The van der Waals surface area contributed by atoms with Crippen molar-refractivity contribution in [3.8, 4) is 0 Å². The molecule has 0 aromatic carbocycles. The molecule has 0 radical (unpaired) electrons. The van der Waals surface area contributed by atoms with Gasteiger partial charge in [0.2, 0.25) is 0 Å². The summed E-state index contributed by atoms with van der Waals surface area (Å²) >= 11 is 0. The Balaban J connectivity index is 1.42. The lowest BCUT2D eigenvalue weighted by Gasteiger charge is -2.40. The van der Waals surface area contributed by atoms with Crippen LogP contribution in [0.2, 0.25) is 0 Å². The van der Waals surface area contributed by atoms with E-state index in [4.69, 9.17) is 0 Å². The average Bonchev–Trinajstić information content (AvgIpc) is 3.21. The summed E-state index contributed by atoms with van der Waals surface area (Å²) in [5.41, 5.74) is 3.27. The van der Waals surface area contributed by atoms with E-state index in [-0.39, 0.29) is 11.3 Å². The van der Waals surface area contributed by atoms with E-state index < -0.39 is 0 Å². The average molecular weight is 352 g/mol. The minimum Gasteiger partial charge on any atom is -0.347 e. The highest BCUT2D eigenvalue weighted by atomic mass is 16.2. The Morgan fingerprint density at radius 2 is 2.04 bits per heavy atom. The van der Waals surface area contributed by atoms with Crippen LogP contribution in [0.1, 0.15) is 41.1 Å². The van der Waals surface area contributed by atoms with Crippen molar-refractivity contribution in [3.63, 3.8) is 0 Å². The second-order valence-corrected chi connectivity index (χ2v) is 8.07. The molecule has 26 heavy (non-hydrogen) atoms. The van der Waals surface area contributed by atoms with Gasteiger partial charge in [0, 0.05) is 50.5 Å². The molecule has 5 nitrogen and oxygen atoms in total. The van der Waals surface area contributed by atoms with Crippen molar-refractivity contribution in [1.82, 2.24) is 19.4 Å². The molecule has 0 aliphatic carbocycles. The smallest absolute Gasteiger partial charge is 0.270 e. The Morgan fingerprint density at radius 3 is 2.81 bits per heavy atom. The molecule has 2 saturated heterocycles. The molecule has 2 aromatic heterocycles. The van der Waals surface area contributed by atoms with Crippen molar-refractivity contribution in [1.29, 1.82) is 0 Å². The van der Waals surface area contributed by atoms with Gasteiger partial charge in [0.25, 0.3) is 5.91 Å². The summed E-state index contributed by atoms with van der Waals surface area (Å²) in [5, 5.41) is 0. The second kappa shape index (κ2) is 6.88.